The van der Waals surface area contributed by atoms with Gasteiger partial charge in [0.15, 0.2) is 0 Å². The summed E-state index contributed by atoms with van der Waals surface area (Å²) >= 11 is 0. The summed E-state index contributed by atoms with van der Waals surface area (Å²) in [7, 11) is -3.98. The second-order valence-corrected chi connectivity index (χ2v) is 13.5. The minimum absolute atomic E-state index is 0.245. The summed E-state index contributed by atoms with van der Waals surface area (Å²) in [5, 5.41) is 59.1. The van der Waals surface area contributed by atoms with Gasteiger partial charge in [-0.05, 0) is 6.42 Å². The molecule has 1 aliphatic carbocycles. The number of hydrogen-bond donors (Lipinski definition) is 6. The van der Waals surface area contributed by atoms with Gasteiger partial charge in [-0.15, -0.1) is 0 Å². The quantitative estimate of drug-likeness (QED) is 0.0532. The summed E-state index contributed by atoms with van der Waals surface area (Å²) < 4.78 is 27.8. The zero-order chi connectivity index (χ0) is 30.7. The Balaban J connectivity index is 2.04. The molecular weight excluding hydrogens is 555 g/mol. The van der Waals surface area contributed by atoms with Gasteiger partial charge in [-0.2, -0.15) is 0 Å². The molecule has 0 saturated heterocycles. The fourth-order valence-electron chi connectivity index (χ4n) is 4.92. The molecule has 0 aromatic rings. The van der Waals surface area contributed by atoms with Crippen LogP contribution in [0.3, 0.4) is 0 Å². The van der Waals surface area contributed by atoms with Crippen LogP contribution in [0, 0.1) is 0 Å². The molecule has 0 aromatic carbocycles. The molecule has 0 spiro atoms. The average Bonchev–Trinajstić information content (AvgIpc) is 2.95. The van der Waals surface area contributed by atoms with Crippen molar-refractivity contribution in [2.45, 2.75) is 159 Å². The van der Waals surface area contributed by atoms with Gasteiger partial charge in [-0.3, -0.25) is 13.9 Å². The lowest BCUT2D eigenvalue weighted by molar-refractivity contribution is -0.218. The molecule has 0 amide bonds. The van der Waals surface area contributed by atoms with Crippen molar-refractivity contribution in [1.82, 2.24) is 0 Å². The molecule has 244 valence electrons. The third-order valence-corrected chi connectivity index (χ3v) is 8.80. The third-order valence-electron chi connectivity index (χ3n) is 7.56. The highest BCUT2D eigenvalue weighted by Crippen LogP contribution is 2.47. The highest BCUT2D eigenvalue weighted by molar-refractivity contribution is 7.53. The van der Waals surface area contributed by atoms with Gasteiger partial charge in [-0.25, -0.2) is 0 Å². The van der Waals surface area contributed by atoms with E-state index in [0.29, 0.717) is 6.42 Å². The highest BCUT2D eigenvalue weighted by atomic mass is 31.2. The van der Waals surface area contributed by atoms with E-state index >= 15 is 0 Å². The summed E-state index contributed by atoms with van der Waals surface area (Å²) in [5.41, 5.74) is 0. The zero-order valence-electron chi connectivity index (χ0n) is 25.1. The smallest absolute Gasteiger partial charge is 0.328 e. The molecule has 1 saturated carbocycles. The zero-order valence-corrected chi connectivity index (χ0v) is 26.0. The van der Waals surface area contributed by atoms with E-state index in [1.807, 2.05) is 0 Å². The molecule has 41 heavy (non-hydrogen) atoms. The van der Waals surface area contributed by atoms with Gasteiger partial charge >= 0.3 is 13.6 Å². The molecule has 6 N–H and O–H groups in total. The average molecular weight is 613 g/mol. The van der Waals surface area contributed by atoms with E-state index < -0.39 is 62.9 Å². The van der Waals surface area contributed by atoms with Crippen molar-refractivity contribution in [1.29, 1.82) is 0 Å². The lowest BCUT2D eigenvalue weighted by Crippen LogP contribution is -2.64. The maximum atomic E-state index is 12.6. The van der Waals surface area contributed by atoms with E-state index in [9.17, 15) is 40.0 Å². The lowest BCUT2D eigenvalue weighted by atomic mass is 9.85. The van der Waals surface area contributed by atoms with Crippen molar-refractivity contribution < 1.29 is 53.8 Å². The number of aliphatic hydroxyl groups excluding tert-OH is 6. The fourth-order valence-corrected chi connectivity index (χ4v) is 6.12. The summed E-state index contributed by atoms with van der Waals surface area (Å²) in [6.45, 7) is 2.38. The number of hydrogen-bond acceptors (Lipinski definition) is 11. The van der Waals surface area contributed by atoms with Gasteiger partial charge in [0.25, 0.3) is 0 Å². The number of ether oxygens (including phenoxy) is 1. The highest BCUT2D eigenvalue weighted by Gasteiger charge is 2.50. The third kappa shape index (κ3) is 16.7. The fraction of sp³-hybridized carbons (Fsp3) is 0.966. The van der Waals surface area contributed by atoms with Gasteiger partial charge in [0.05, 0.1) is 6.61 Å². The first kappa shape index (κ1) is 38.4. The van der Waals surface area contributed by atoms with Crippen molar-refractivity contribution in [2.24, 2.45) is 0 Å². The first-order valence-electron chi connectivity index (χ1n) is 15.6. The van der Waals surface area contributed by atoms with Crippen LogP contribution in [-0.4, -0.2) is 99.2 Å². The molecule has 6 atom stereocenters. The van der Waals surface area contributed by atoms with E-state index in [2.05, 4.69) is 6.92 Å². The first-order valence-corrected chi connectivity index (χ1v) is 17.6. The first-order chi connectivity index (χ1) is 19.5. The van der Waals surface area contributed by atoms with E-state index in [4.69, 9.17) is 13.8 Å². The van der Waals surface area contributed by atoms with Gasteiger partial charge < -0.3 is 39.9 Å². The minimum Gasteiger partial charge on any atom is -0.463 e. The van der Waals surface area contributed by atoms with Gasteiger partial charge in [0.1, 0.15) is 49.3 Å². The van der Waals surface area contributed by atoms with Crippen molar-refractivity contribution in [3.05, 3.63) is 0 Å². The van der Waals surface area contributed by atoms with Crippen molar-refractivity contribution in [3.63, 3.8) is 0 Å². The summed E-state index contributed by atoms with van der Waals surface area (Å²) in [4.78, 5) is 11.9. The number of carbonyl (C=O) groups excluding carboxylic acids is 1. The summed E-state index contributed by atoms with van der Waals surface area (Å²) in [6.07, 6.45) is 8.00. The number of carbonyl (C=O) groups is 1. The molecule has 6 unspecified atom stereocenters. The Hall–Kier alpha value is -0.620. The van der Waals surface area contributed by atoms with Crippen LogP contribution in [-0.2, 0) is 23.1 Å². The van der Waals surface area contributed by atoms with E-state index in [1.54, 1.807) is 0 Å². The number of unbranched alkanes of at least 4 members (excludes halogenated alkanes) is 15. The van der Waals surface area contributed by atoms with Crippen LogP contribution in [0.2, 0.25) is 0 Å². The number of aliphatic hydroxyl groups is 6. The number of rotatable bonds is 24. The standard InChI is InChI=1S/C29H57O11P/c1-3-4-5-6-7-8-9-10-11-12-13-14-15-16-17-18-19-23(31)38-20-22(30)21-39-41(2,37)40-29-27(35)25(33)24(32)26(34)28(29)36/h22,24-30,32-36H,3-21H2,1-2H3. The van der Waals surface area contributed by atoms with Crippen LogP contribution < -0.4 is 0 Å². The molecule has 1 rings (SSSR count). The van der Waals surface area contributed by atoms with Crippen molar-refractivity contribution >= 4 is 13.6 Å². The molecule has 1 aliphatic rings. The Morgan fingerprint density at radius 3 is 1.49 bits per heavy atom. The molecule has 0 heterocycles. The molecule has 0 aliphatic heterocycles. The predicted octanol–water partition coefficient (Wildman–Crippen LogP) is 3.58. The van der Waals surface area contributed by atoms with E-state index in [1.165, 1.54) is 77.0 Å². The Bertz CT molecular complexity index is 709. The summed E-state index contributed by atoms with van der Waals surface area (Å²) in [5.74, 6) is -0.444. The molecule has 11 nitrogen and oxygen atoms in total. The van der Waals surface area contributed by atoms with Gasteiger partial charge in [0, 0.05) is 13.1 Å². The number of esters is 1. The van der Waals surface area contributed by atoms with Crippen LogP contribution in [0.1, 0.15) is 116 Å². The Morgan fingerprint density at radius 1 is 0.659 bits per heavy atom. The minimum atomic E-state index is -3.98. The molecular formula is C29H57O11P. The van der Waals surface area contributed by atoms with Crippen LogP contribution in [0.15, 0.2) is 0 Å². The van der Waals surface area contributed by atoms with E-state index in [-0.39, 0.29) is 13.0 Å². The molecule has 12 heteroatoms. The Kier molecular flexibility index (Phi) is 20.6. The van der Waals surface area contributed by atoms with Crippen LogP contribution in [0.4, 0.5) is 0 Å². The largest absolute Gasteiger partial charge is 0.463 e. The van der Waals surface area contributed by atoms with Gasteiger partial charge in [-0.1, -0.05) is 103 Å². The van der Waals surface area contributed by atoms with Crippen LogP contribution >= 0.6 is 7.60 Å². The molecule has 1 fully saturated rings. The lowest BCUT2D eigenvalue weighted by Gasteiger charge is -2.42. The molecule has 0 aromatic heterocycles. The summed E-state index contributed by atoms with van der Waals surface area (Å²) in [6, 6.07) is 0. The SMILES string of the molecule is CCCCCCCCCCCCCCCCCCC(=O)OCC(O)COP(C)(=O)OC1C(O)C(O)C(O)C(O)C1O. The maximum absolute atomic E-state index is 12.6. The monoisotopic (exact) mass is 612 g/mol. The predicted molar refractivity (Wildman–Crippen MR) is 156 cm³/mol. The van der Waals surface area contributed by atoms with E-state index in [0.717, 1.165) is 25.9 Å². The van der Waals surface area contributed by atoms with Crippen LogP contribution in [0.5, 0.6) is 0 Å². The van der Waals surface area contributed by atoms with Crippen molar-refractivity contribution in [3.8, 4) is 0 Å². The van der Waals surface area contributed by atoms with Gasteiger partial charge in [0.2, 0.25) is 0 Å². The second-order valence-electron chi connectivity index (χ2n) is 11.5. The van der Waals surface area contributed by atoms with Crippen molar-refractivity contribution in [2.75, 3.05) is 19.9 Å². The van der Waals surface area contributed by atoms with Crippen LogP contribution in [0.25, 0.3) is 0 Å². The molecule has 0 radical (unpaired) electrons. The topological polar surface area (TPSA) is 183 Å². The normalized spacial score (nSPS) is 26.9. The Morgan fingerprint density at radius 2 is 1.05 bits per heavy atom. The Labute approximate surface area is 246 Å². The maximum Gasteiger partial charge on any atom is 0.328 e. The second kappa shape index (κ2) is 22.0. The molecule has 0 bridgehead atoms.